The fourth-order valence-electron chi connectivity index (χ4n) is 5.05. The number of aromatic nitrogens is 1. The molecule has 232 valence electrons. The molecule has 0 atom stereocenters. The van der Waals surface area contributed by atoms with Crippen molar-refractivity contribution in [2.45, 2.75) is 31.4 Å². The largest absolute Gasteiger partial charge is 0.493 e. The van der Waals surface area contributed by atoms with Crippen molar-refractivity contribution >= 4 is 32.6 Å². The van der Waals surface area contributed by atoms with Gasteiger partial charge < -0.3 is 24.4 Å². The number of anilines is 1. The van der Waals surface area contributed by atoms with E-state index in [1.807, 2.05) is 4.72 Å². The third-order valence-electron chi connectivity index (χ3n) is 7.17. The number of amides is 2. The standard InChI is InChI=1S/C32H35FN4O6S/c1-41-30-20-25-27(21-31(30)42-18-8-17-37-15-6-3-7-16-37)34-14-13-28(25)43-29-12-11-24(19-26(29)33)35-32(38)36-44(39,40)22-23-9-4-2-5-10-23/h2,4-5,9-14,19-21H,3,6-8,15-18,22H2,1H3,(H2,35,36,38). The van der Waals surface area contributed by atoms with Crippen LogP contribution in [0.2, 0.25) is 0 Å². The zero-order chi connectivity index (χ0) is 30.9. The molecule has 0 unspecified atom stereocenters. The lowest BCUT2D eigenvalue weighted by Gasteiger charge is -2.26. The van der Waals surface area contributed by atoms with E-state index in [2.05, 4.69) is 15.2 Å². The SMILES string of the molecule is COc1cc2c(Oc3ccc(NC(=O)NS(=O)(=O)Cc4ccccc4)cc3F)ccnc2cc1OCCCN1CCCCC1. The summed E-state index contributed by atoms with van der Waals surface area (Å²) in [5.41, 5.74) is 1.15. The Morgan fingerprint density at radius 2 is 1.75 bits per heavy atom. The number of benzene rings is 3. The Balaban J connectivity index is 1.22. The molecule has 4 aromatic rings. The van der Waals surface area contributed by atoms with Crippen molar-refractivity contribution in [1.29, 1.82) is 0 Å². The van der Waals surface area contributed by atoms with Gasteiger partial charge in [0.05, 0.1) is 25.0 Å². The number of pyridine rings is 1. The summed E-state index contributed by atoms with van der Waals surface area (Å²) in [5, 5.41) is 2.93. The molecule has 12 heteroatoms. The Kier molecular flexibility index (Phi) is 10.1. The number of nitrogens with one attached hydrogen (secondary N) is 2. The number of hydrogen-bond acceptors (Lipinski definition) is 8. The third-order valence-corrected chi connectivity index (χ3v) is 8.38. The van der Waals surface area contributed by atoms with Gasteiger partial charge in [-0.15, -0.1) is 0 Å². The number of urea groups is 1. The minimum Gasteiger partial charge on any atom is -0.493 e. The van der Waals surface area contributed by atoms with E-state index in [0.29, 0.717) is 40.3 Å². The second-order valence-corrected chi connectivity index (χ2v) is 12.2. The number of hydrogen-bond donors (Lipinski definition) is 2. The van der Waals surface area contributed by atoms with Crippen molar-refractivity contribution in [1.82, 2.24) is 14.6 Å². The van der Waals surface area contributed by atoms with Gasteiger partial charge in [0.25, 0.3) is 0 Å². The highest BCUT2D eigenvalue weighted by Crippen LogP contribution is 2.38. The second-order valence-electron chi connectivity index (χ2n) is 10.5. The van der Waals surface area contributed by atoms with Crippen LogP contribution in [0.3, 0.4) is 0 Å². The first kappa shape index (κ1) is 31.0. The average Bonchev–Trinajstić information content (AvgIpc) is 3.00. The maximum Gasteiger partial charge on any atom is 0.332 e. The molecule has 1 aromatic heterocycles. The summed E-state index contributed by atoms with van der Waals surface area (Å²) in [7, 11) is -2.41. The van der Waals surface area contributed by atoms with E-state index in [0.717, 1.165) is 32.1 Å². The van der Waals surface area contributed by atoms with Gasteiger partial charge in [-0.3, -0.25) is 4.98 Å². The number of carbonyl (C=O) groups excluding carboxylic acids is 1. The van der Waals surface area contributed by atoms with E-state index < -0.39 is 21.9 Å². The normalized spacial score (nSPS) is 13.8. The zero-order valence-electron chi connectivity index (χ0n) is 24.4. The van der Waals surface area contributed by atoms with E-state index in [-0.39, 0.29) is 17.2 Å². The highest BCUT2D eigenvalue weighted by atomic mass is 32.2. The smallest absolute Gasteiger partial charge is 0.332 e. The summed E-state index contributed by atoms with van der Waals surface area (Å²) >= 11 is 0. The first-order valence-corrected chi connectivity index (χ1v) is 16.1. The minimum atomic E-state index is -3.96. The Morgan fingerprint density at radius 1 is 0.955 bits per heavy atom. The van der Waals surface area contributed by atoms with Gasteiger partial charge in [0.15, 0.2) is 23.1 Å². The molecular weight excluding hydrogens is 587 g/mol. The van der Waals surface area contributed by atoms with Crippen LogP contribution in [0, 0.1) is 5.82 Å². The molecule has 2 amide bonds. The number of halogens is 1. The molecule has 0 spiro atoms. The van der Waals surface area contributed by atoms with Crippen LogP contribution in [0.25, 0.3) is 10.9 Å². The molecule has 0 aliphatic carbocycles. The molecule has 10 nitrogen and oxygen atoms in total. The van der Waals surface area contributed by atoms with E-state index in [1.165, 1.54) is 31.4 Å². The lowest BCUT2D eigenvalue weighted by atomic mass is 10.1. The maximum atomic E-state index is 15.0. The number of piperidine rings is 1. The predicted octanol–water partition coefficient (Wildman–Crippen LogP) is 6.08. The molecule has 44 heavy (non-hydrogen) atoms. The third kappa shape index (κ3) is 8.35. The Hall–Kier alpha value is -4.42. The molecule has 2 N–H and O–H groups in total. The molecule has 2 heterocycles. The minimum absolute atomic E-state index is 0.0468. The highest BCUT2D eigenvalue weighted by Gasteiger charge is 2.18. The van der Waals surface area contributed by atoms with Crippen molar-refractivity contribution in [3.05, 3.63) is 84.3 Å². The molecule has 5 rings (SSSR count). The molecule has 0 radical (unpaired) electrons. The number of nitrogens with zero attached hydrogens (tertiary/aromatic N) is 2. The second kappa shape index (κ2) is 14.4. The summed E-state index contributed by atoms with van der Waals surface area (Å²) in [6.45, 7) is 3.81. The quantitative estimate of drug-likeness (QED) is 0.183. The fraction of sp³-hybridized carbons (Fsp3) is 0.312. The van der Waals surface area contributed by atoms with Crippen LogP contribution in [-0.2, 0) is 15.8 Å². The van der Waals surface area contributed by atoms with Gasteiger partial charge in [0, 0.05) is 35.9 Å². The summed E-state index contributed by atoms with van der Waals surface area (Å²) in [6, 6.07) is 16.3. The molecule has 3 aromatic carbocycles. The van der Waals surface area contributed by atoms with E-state index in [9.17, 15) is 13.2 Å². The van der Waals surface area contributed by atoms with Crippen LogP contribution < -0.4 is 24.2 Å². The number of rotatable bonds is 12. The molecule has 1 aliphatic rings. The van der Waals surface area contributed by atoms with Crippen LogP contribution >= 0.6 is 0 Å². The van der Waals surface area contributed by atoms with Crippen LogP contribution in [0.5, 0.6) is 23.0 Å². The van der Waals surface area contributed by atoms with Gasteiger partial charge in [0.2, 0.25) is 10.0 Å². The molecular formula is C32H35FN4O6S. The maximum absolute atomic E-state index is 15.0. The predicted molar refractivity (Wildman–Crippen MR) is 166 cm³/mol. The first-order chi connectivity index (χ1) is 21.3. The van der Waals surface area contributed by atoms with Crippen molar-refractivity contribution in [3.8, 4) is 23.0 Å². The topological polar surface area (TPSA) is 119 Å². The number of likely N-dealkylation sites (tertiary alicyclic amines) is 1. The summed E-state index contributed by atoms with van der Waals surface area (Å²) < 4.78 is 59.2. The number of sulfonamides is 1. The number of fused-ring (bicyclic) bond motifs is 1. The number of carbonyl (C=O) groups is 1. The van der Waals surface area contributed by atoms with Crippen LogP contribution in [-0.4, -0.2) is 57.7 Å². The molecule has 1 fully saturated rings. The Bertz CT molecular complexity index is 1700. The van der Waals surface area contributed by atoms with Crippen LogP contribution in [0.15, 0.2) is 72.9 Å². The molecule has 1 aliphatic heterocycles. The fourth-order valence-corrected chi connectivity index (χ4v) is 6.09. The number of methoxy groups -OCH3 is 1. The summed E-state index contributed by atoms with van der Waals surface area (Å²) in [6.07, 6.45) is 6.25. The van der Waals surface area contributed by atoms with E-state index in [4.69, 9.17) is 14.2 Å². The molecule has 0 saturated carbocycles. The lowest BCUT2D eigenvalue weighted by molar-refractivity contribution is 0.203. The number of ether oxygens (including phenoxy) is 3. The average molecular weight is 623 g/mol. The van der Waals surface area contributed by atoms with Gasteiger partial charge in [-0.25, -0.2) is 22.3 Å². The Morgan fingerprint density at radius 3 is 2.50 bits per heavy atom. The van der Waals surface area contributed by atoms with E-state index >= 15 is 4.39 Å². The molecule has 0 bridgehead atoms. The van der Waals surface area contributed by atoms with Crippen LogP contribution in [0.1, 0.15) is 31.2 Å². The van der Waals surface area contributed by atoms with Crippen molar-refractivity contribution < 1.29 is 31.8 Å². The zero-order valence-corrected chi connectivity index (χ0v) is 25.2. The van der Waals surface area contributed by atoms with Crippen molar-refractivity contribution in [2.75, 3.05) is 38.7 Å². The highest BCUT2D eigenvalue weighted by molar-refractivity contribution is 7.89. The van der Waals surface area contributed by atoms with Gasteiger partial charge in [-0.05, 0) is 62.2 Å². The van der Waals surface area contributed by atoms with Gasteiger partial charge >= 0.3 is 6.03 Å². The first-order valence-electron chi connectivity index (χ1n) is 14.4. The monoisotopic (exact) mass is 622 g/mol. The summed E-state index contributed by atoms with van der Waals surface area (Å²) in [5.74, 6) is 0.168. The van der Waals surface area contributed by atoms with Gasteiger partial charge in [-0.2, -0.15) is 0 Å². The van der Waals surface area contributed by atoms with E-state index in [1.54, 1.807) is 61.8 Å². The lowest BCUT2D eigenvalue weighted by Crippen LogP contribution is -2.35. The summed E-state index contributed by atoms with van der Waals surface area (Å²) in [4.78, 5) is 19.2. The van der Waals surface area contributed by atoms with Gasteiger partial charge in [0.1, 0.15) is 5.75 Å². The van der Waals surface area contributed by atoms with Crippen molar-refractivity contribution in [3.63, 3.8) is 0 Å². The van der Waals surface area contributed by atoms with Crippen molar-refractivity contribution in [2.24, 2.45) is 0 Å². The Labute approximate surface area is 256 Å². The van der Waals surface area contributed by atoms with Gasteiger partial charge in [-0.1, -0.05) is 36.8 Å². The molecule has 1 saturated heterocycles. The van der Waals surface area contributed by atoms with Crippen LogP contribution in [0.4, 0.5) is 14.9 Å².